The van der Waals surface area contributed by atoms with Gasteiger partial charge in [0.15, 0.2) is 5.78 Å². The fraction of sp³-hybridized carbons (Fsp3) is 0.0769. The highest BCUT2D eigenvalue weighted by Gasteiger charge is 2.11. The van der Waals surface area contributed by atoms with Gasteiger partial charge in [0.25, 0.3) is 0 Å². The lowest BCUT2D eigenvalue weighted by molar-refractivity contribution is 0.103. The Balaban J connectivity index is 2.42. The molecule has 16 heavy (non-hydrogen) atoms. The first-order valence-electron chi connectivity index (χ1n) is 4.89. The number of aryl methyl sites for hydroxylation is 1. The van der Waals surface area contributed by atoms with Crippen LogP contribution >= 0.6 is 11.6 Å². The molecule has 1 aromatic carbocycles. The number of carbonyl (C=O) groups excluding carboxylic acids is 1. The number of ketones is 1. The summed E-state index contributed by atoms with van der Waals surface area (Å²) < 4.78 is 0. The summed E-state index contributed by atoms with van der Waals surface area (Å²) in [5.41, 5.74) is 2.13. The van der Waals surface area contributed by atoms with Gasteiger partial charge in [-0.05, 0) is 42.8 Å². The van der Waals surface area contributed by atoms with Crippen LogP contribution in [0, 0.1) is 6.92 Å². The van der Waals surface area contributed by atoms with Crippen LogP contribution in [0.15, 0.2) is 42.7 Å². The second kappa shape index (κ2) is 4.45. The van der Waals surface area contributed by atoms with Crippen LogP contribution in [0.4, 0.5) is 0 Å². The molecule has 0 spiro atoms. The molecule has 0 aliphatic heterocycles. The topological polar surface area (TPSA) is 30.0 Å². The van der Waals surface area contributed by atoms with Crippen LogP contribution in [0.1, 0.15) is 21.5 Å². The smallest absolute Gasteiger partial charge is 0.194 e. The summed E-state index contributed by atoms with van der Waals surface area (Å²) in [7, 11) is 0. The summed E-state index contributed by atoms with van der Waals surface area (Å²) in [5.74, 6) is -0.0257. The van der Waals surface area contributed by atoms with Crippen LogP contribution in [-0.2, 0) is 0 Å². The number of hydrogen-bond acceptors (Lipinski definition) is 2. The van der Waals surface area contributed by atoms with Crippen molar-refractivity contribution in [2.45, 2.75) is 6.92 Å². The lowest BCUT2D eigenvalue weighted by Gasteiger charge is -2.04. The molecule has 0 radical (unpaired) electrons. The van der Waals surface area contributed by atoms with Crippen LogP contribution in [0.3, 0.4) is 0 Å². The van der Waals surface area contributed by atoms with Gasteiger partial charge in [0, 0.05) is 28.5 Å². The predicted octanol–water partition coefficient (Wildman–Crippen LogP) is 3.27. The van der Waals surface area contributed by atoms with Crippen molar-refractivity contribution in [3.05, 3.63) is 64.4 Å². The van der Waals surface area contributed by atoms with Crippen molar-refractivity contribution < 1.29 is 4.79 Å². The first-order chi connectivity index (χ1) is 7.68. The van der Waals surface area contributed by atoms with E-state index in [4.69, 9.17) is 11.6 Å². The summed E-state index contributed by atoms with van der Waals surface area (Å²) in [5, 5.41) is 0.639. The second-order valence-electron chi connectivity index (χ2n) is 3.53. The molecule has 0 bridgehead atoms. The van der Waals surface area contributed by atoms with Gasteiger partial charge in [0.05, 0.1) is 0 Å². The number of pyridine rings is 1. The number of benzene rings is 1. The number of rotatable bonds is 2. The minimum absolute atomic E-state index is 0.0257. The summed E-state index contributed by atoms with van der Waals surface area (Å²) in [4.78, 5) is 16.0. The van der Waals surface area contributed by atoms with Crippen molar-refractivity contribution >= 4 is 17.4 Å². The molecule has 0 saturated heterocycles. The molecular weight excluding hydrogens is 222 g/mol. The Hall–Kier alpha value is -1.67. The zero-order valence-corrected chi connectivity index (χ0v) is 9.53. The molecule has 2 aromatic rings. The first kappa shape index (κ1) is 10.8. The van der Waals surface area contributed by atoms with Gasteiger partial charge in [0.2, 0.25) is 0 Å². The van der Waals surface area contributed by atoms with E-state index in [0.29, 0.717) is 16.1 Å². The third-order valence-electron chi connectivity index (χ3n) is 2.36. The summed E-state index contributed by atoms with van der Waals surface area (Å²) in [6.45, 7) is 1.87. The minimum atomic E-state index is -0.0257. The largest absolute Gasteiger partial charge is 0.289 e. The Morgan fingerprint density at radius 3 is 2.75 bits per heavy atom. The van der Waals surface area contributed by atoms with E-state index in [2.05, 4.69) is 4.98 Å². The van der Waals surface area contributed by atoms with Gasteiger partial charge < -0.3 is 0 Å². The van der Waals surface area contributed by atoms with E-state index >= 15 is 0 Å². The summed E-state index contributed by atoms with van der Waals surface area (Å²) in [6, 6.07) is 8.75. The molecule has 0 amide bonds. The molecule has 2 nitrogen and oxygen atoms in total. The maximum absolute atomic E-state index is 12.1. The first-order valence-corrected chi connectivity index (χ1v) is 5.27. The van der Waals surface area contributed by atoms with Gasteiger partial charge >= 0.3 is 0 Å². The van der Waals surface area contributed by atoms with Gasteiger partial charge in [0.1, 0.15) is 0 Å². The van der Waals surface area contributed by atoms with Gasteiger partial charge in [-0.15, -0.1) is 0 Å². The molecule has 1 heterocycles. The average Bonchev–Trinajstić information content (AvgIpc) is 2.29. The predicted molar refractivity (Wildman–Crippen MR) is 63.9 cm³/mol. The molecule has 1 aromatic heterocycles. The maximum Gasteiger partial charge on any atom is 0.194 e. The van der Waals surface area contributed by atoms with E-state index in [1.165, 1.54) is 0 Å². The molecule has 0 aliphatic rings. The van der Waals surface area contributed by atoms with Gasteiger partial charge in [-0.25, -0.2) is 0 Å². The van der Waals surface area contributed by atoms with Gasteiger partial charge in [-0.1, -0.05) is 11.6 Å². The number of nitrogens with zero attached hydrogens (tertiary/aromatic N) is 1. The van der Waals surface area contributed by atoms with E-state index in [1.54, 1.807) is 42.7 Å². The number of hydrogen-bond donors (Lipinski definition) is 0. The highest BCUT2D eigenvalue weighted by Crippen LogP contribution is 2.18. The molecular formula is C13H10ClNO. The quantitative estimate of drug-likeness (QED) is 0.743. The van der Waals surface area contributed by atoms with E-state index < -0.39 is 0 Å². The minimum Gasteiger partial charge on any atom is -0.289 e. The molecule has 80 valence electrons. The SMILES string of the molecule is Cc1cc(Cl)ccc1C(=O)c1cccnc1. The Morgan fingerprint density at radius 1 is 1.31 bits per heavy atom. The molecule has 0 saturated carbocycles. The van der Waals surface area contributed by atoms with E-state index in [0.717, 1.165) is 5.56 Å². The Labute approximate surface area is 98.9 Å². The standard InChI is InChI=1S/C13H10ClNO/c1-9-7-11(14)4-5-12(9)13(16)10-3-2-6-15-8-10/h2-8H,1H3. The van der Waals surface area contributed by atoms with Crippen molar-refractivity contribution in [3.8, 4) is 0 Å². The van der Waals surface area contributed by atoms with E-state index in [1.807, 2.05) is 6.92 Å². The van der Waals surface area contributed by atoms with Gasteiger partial charge in [-0.3, -0.25) is 9.78 Å². The fourth-order valence-electron chi connectivity index (χ4n) is 1.53. The van der Waals surface area contributed by atoms with Crippen LogP contribution in [0.2, 0.25) is 5.02 Å². The monoisotopic (exact) mass is 231 g/mol. The molecule has 0 fully saturated rings. The average molecular weight is 232 g/mol. The molecule has 0 unspecified atom stereocenters. The van der Waals surface area contributed by atoms with Crippen molar-refractivity contribution in [1.82, 2.24) is 4.98 Å². The lowest BCUT2D eigenvalue weighted by Crippen LogP contribution is -2.03. The van der Waals surface area contributed by atoms with Crippen LogP contribution in [0.5, 0.6) is 0 Å². The Kier molecular flexibility index (Phi) is 3.02. The zero-order chi connectivity index (χ0) is 11.5. The second-order valence-corrected chi connectivity index (χ2v) is 3.97. The molecule has 3 heteroatoms. The number of aromatic nitrogens is 1. The highest BCUT2D eigenvalue weighted by atomic mass is 35.5. The number of carbonyl (C=O) groups is 1. The van der Waals surface area contributed by atoms with E-state index in [-0.39, 0.29) is 5.78 Å². The van der Waals surface area contributed by atoms with Crippen molar-refractivity contribution in [3.63, 3.8) is 0 Å². The third kappa shape index (κ3) is 2.12. The Bertz CT molecular complexity index is 523. The normalized spacial score (nSPS) is 10.1. The van der Waals surface area contributed by atoms with Crippen molar-refractivity contribution in [2.24, 2.45) is 0 Å². The van der Waals surface area contributed by atoms with Gasteiger partial charge in [-0.2, -0.15) is 0 Å². The zero-order valence-electron chi connectivity index (χ0n) is 8.77. The molecule has 2 rings (SSSR count). The summed E-state index contributed by atoms with van der Waals surface area (Å²) in [6.07, 6.45) is 3.21. The lowest BCUT2D eigenvalue weighted by atomic mass is 10.0. The number of halogens is 1. The van der Waals surface area contributed by atoms with Crippen LogP contribution in [-0.4, -0.2) is 10.8 Å². The van der Waals surface area contributed by atoms with Crippen LogP contribution in [0.25, 0.3) is 0 Å². The molecule has 0 atom stereocenters. The maximum atomic E-state index is 12.1. The van der Waals surface area contributed by atoms with Crippen LogP contribution < -0.4 is 0 Å². The molecule has 0 N–H and O–H groups in total. The van der Waals surface area contributed by atoms with E-state index in [9.17, 15) is 4.79 Å². The molecule has 0 aliphatic carbocycles. The fourth-order valence-corrected chi connectivity index (χ4v) is 1.76. The highest BCUT2D eigenvalue weighted by molar-refractivity contribution is 6.30. The Morgan fingerprint density at radius 2 is 2.12 bits per heavy atom. The summed E-state index contributed by atoms with van der Waals surface area (Å²) >= 11 is 5.84. The van der Waals surface area contributed by atoms with Crippen molar-refractivity contribution in [2.75, 3.05) is 0 Å². The third-order valence-corrected chi connectivity index (χ3v) is 2.59. The van der Waals surface area contributed by atoms with Crippen molar-refractivity contribution in [1.29, 1.82) is 0 Å².